The van der Waals surface area contributed by atoms with Gasteiger partial charge in [-0.05, 0) is 40.2 Å². The zero-order valence-corrected chi connectivity index (χ0v) is 12.8. The molecule has 2 aromatic rings. The Balaban J connectivity index is 2.45. The third-order valence-electron chi connectivity index (χ3n) is 2.64. The predicted molar refractivity (Wildman–Crippen MR) is 80.0 cm³/mol. The molecule has 3 N–H and O–H groups in total. The smallest absolute Gasteiger partial charge is 0.339 e. The largest absolute Gasteiger partial charge is 0.505 e. The summed E-state index contributed by atoms with van der Waals surface area (Å²) in [6, 6.07) is 9.93. The molecule has 0 radical (unpaired) electrons. The molecule has 0 aliphatic carbocycles. The first kappa shape index (κ1) is 15.3. The lowest BCUT2D eigenvalue weighted by atomic mass is 10.2. The van der Waals surface area contributed by atoms with Gasteiger partial charge in [-0.15, -0.1) is 0 Å². The highest BCUT2D eigenvalue weighted by atomic mass is 79.9. The monoisotopic (exact) mass is 371 g/mol. The fraction of sp³-hybridized carbons (Fsp3) is 0. The molecule has 0 aliphatic rings. The van der Waals surface area contributed by atoms with Gasteiger partial charge in [-0.3, -0.25) is 4.72 Å². The van der Waals surface area contributed by atoms with Gasteiger partial charge >= 0.3 is 5.97 Å². The standard InChI is InChI=1S/C13H10BrNO5S/c14-9-5-1-2-7-11(9)21(19,20)15-10-6-3-4-8(12(10)16)13(17)18/h1-7,15-16H,(H,17,18). The molecule has 0 heterocycles. The van der Waals surface area contributed by atoms with Crippen LogP contribution < -0.4 is 4.72 Å². The van der Waals surface area contributed by atoms with Crippen molar-refractivity contribution in [2.75, 3.05) is 4.72 Å². The molecule has 0 spiro atoms. The SMILES string of the molecule is O=C(O)c1cccc(NS(=O)(=O)c2ccccc2Br)c1O. The van der Waals surface area contributed by atoms with Crippen LogP contribution in [0.2, 0.25) is 0 Å². The van der Waals surface area contributed by atoms with E-state index in [0.717, 1.165) is 0 Å². The van der Waals surface area contributed by atoms with Crippen molar-refractivity contribution in [2.24, 2.45) is 0 Å². The highest BCUT2D eigenvalue weighted by Gasteiger charge is 2.21. The Kier molecular flexibility index (Phi) is 4.19. The van der Waals surface area contributed by atoms with Crippen molar-refractivity contribution in [1.29, 1.82) is 0 Å². The van der Waals surface area contributed by atoms with Crippen molar-refractivity contribution in [3.05, 3.63) is 52.5 Å². The van der Waals surface area contributed by atoms with E-state index in [1.807, 2.05) is 0 Å². The first-order valence-corrected chi connectivity index (χ1v) is 7.93. The molecule has 0 aromatic heterocycles. The van der Waals surface area contributed by atoms with Crippen LogP contribution in [-0.2, 0) is 10.0 Å². The van der Waals surface area contributed by atoms with Crippen LogP contribution in [0, 0.1) is 0 Å². The Morgan fingerprint density at radius 2 is 1.76 bits per heavy atom. The van der Waals surface area contributed by atoms with Crippen LogP contribution in [0.25, 0.3) is 0 Å². The highest BCUT2D eigenvalue weighted by Crippen LogP contribution is 2.31. The highest BCUT2D eigenvalue weighted by molar-refractivity contribution is 9.10. The van der Waals surface area contributed by atoms with Crippen LogP contribution in [0.15, 0.2) is 51.8 Å². The summed E-state index contributed by atoms with van der Waals surface area (Å²) in [7, 11) is -3.96. The third kappa shape index (κ3) is 3.17. The fourth-order valence-corrected chi connectivity index (χ4v) is 3.73. The third-order valence-corrected chi connectivity index (χ3v) is 5.01. The van der Waals surface area contributed by atoms with Crippen LogP contribution >= 0.6 is 15.9 Å². The average molecular weight is 372 g/mol. The molecular weight excluding hydrogens is 362 g/mol. The van der Waals surface area contributed by atoms with Crippen molar-refractivity contribution in [3.63, 3.8) is 0 Å². The summed E-state index contributed by atoms with van der Waals surface area (Å²) in [5.41, 5.74) is -0.590. The topological polar surface area (TPSA) is 104 Å². The van der Waals surface area contributed by atoms with Crippen molar-refractivity contribution >= 4 is 37.6 Å². The quantitative estimate of drug-likeness (QED) is 0.716. The minimum atomic E-state index is -3.96. The van der Waals surface area contributed by atoms with Gasteiger partial charge in [-0.1, -0.05) is 18.2 Å². The normalized spacial score (nSPS) is 11.1. The molecule has 21 heavy (non-hydrogen) atoms. The van der Waals surface area contributed by atoms with Crippen LogP contribution in [0.4, 0.5) is 5.69 Å². The Morgan fingerprint density at radius 3 is 2.38 bits per heavy atom. The van der Waals surface area contributed by atoms with Crippen LogP contribution in [0.5, 0.6) is 5.75 Å². The number of benzene rings is 2. The lowest BCUT2D eigenvalue weighted by Crippen LogP contribution is -2.14. The van der Waals surface area contributed by atoms with E-state index in [2.05, 4.69) is 20.7 Å². The Labute approximate surface area is 129 Å². The van der Waals surface area contributed by atoms with E-state index >= 15 is 0 Å². The molecule has 6 nitrogen and oxygen atoms in total. The second-order valence-corrected chi connectivity index (χ2v) is 6.55. The molecule has 0 saturated carbocycles. The number of hydrogen-bond donors (Lipinski definition) is 3. The molecule has 8 heteroatoms. The molecular formula is C13H10BrNO5S. The maximum absolute atomic E-state index is 12.3. The van der Waals surface area contributed by atoms with Crippen LogP contribution in [-0.4, -0.2) is 24.6 Å². The average Bonchev–Trinajstić information content (AvgIpc) is 2.41. The van der Waals surface area contributed by atoms with Gasteiger partial charge < -0.3 is 10.2 Å². The number of phenols is 1. The molecule has 0 atom stereocenters. The van der Waals surface area contributed by atoms with Crippen molar-refractivity contribution in [2.45, 2.75) is 4.90 Å². The molecule has 0 saturated heterocycles. The van der Waals surface area contributed by atoms with Crippen LogP contribution in [0.3, 0.4) is 0 Å². The van der Waals surface area contributed by atoms with E-state index in [1.54, 1.807) is 18.2 Å². The predicted octanol–water partition coefficient (Wildman–Crippen LogP) is 2.65. The van der Waals surface area contributed by atoms with Gasteiger partial charge in [0.15, 0.2) is 5.75 Å². The van der Waals surface area contributed by atoms with Gasteiger partial charge in [0.05, 0.1) is 5.69 Å². The summed E-state index contributed by atoms with van der Waals surface area (Å²) in [6.07, 6.45) is 0. The number of sulfonamides is 1. The van der Waals surface area contributed by atoms with Gasteiger partial charge in [-0.2, -0.15) is 0 Å². The van der Waals surface area contributed by atoms with Gasteiger partial charge in [0.1, 0.15) is 10.5 Å². The molecule has 0 aliphatic heterocycles. The summed E-state index contributed by atoms with van der Waals surface area (Å²) in [4.78, 5) is 10.9. The first-order chi connectivity index (χ1) is 9.83. The van der Waals surface area contributed by atoms with Crippen molar-refractivity contribution < 1.29 is 23.4 Å². The lowest BCUT2D eigenvalue weighted by Gasteiger charge is -2.11. The molecule has 0 bridgehead atoms. The summed E-state index contributed by atoms with van der Waals surface area (Å²) in [5.74, 6) is -1.99. The maximum atomic E-state index is 12.3. The Bertz CT molecular complexity index is 804. The summed E-state index contributed by atoms with van der Waals surface area (Å²) in [5, 5.41) is 18.7. The number of halogens is 1. The number of carboxylic acid groups (broad SMARTS) is 1. The van der Waals surface area contributed by atoms with E-state index < -0.39 is 21.7 Å². The number of carboxylic acids is 1. The Hall–Kier alpha value is -2.06. The Morgan fingerprint density at radius 1 is 1.10 bits per heavy atom. The molecule has 2 aromatic carbocycles. The summed E-state index contributed by atoms with van der Waals surface area (Å²) in [6.45, 7) is 0. The zero-order valence-electron chi connectivity index (χ0n) is 10.4. The number of nitrogens with one attached hydrogen (secondary N) is 1. The number of hydrogen-bond acceptors (Lipinski definition) is 4. The van der Waals surface area contributed by atoms with Gasteiger partial charge in [0.2, 0.25) is 0 Å². The van der Waals surface area contributed by atoms with E-state index in [-0.39, 0.29) is 16.1 Å². The van der Waals surface area contributed by atoms with E-state index in [9.17, 15) is 18.3 Å². The zero-order chi connectivity index (χ0) is 15.6. The number of rotatable bonds is 4. The fourth-order valence-electron chi connectivity index (χ4n) is 1.66. The molecule has 0 fully saturated rings. The summed E-state index contributed by atoms with van der Waals surface area (Å²) < 4.78 is 27.0. The lowest BCUT2D eigenvalue weighted by molar-refractivity contribution is 0.0694. The first-order valence-electron chi connectivity index (χ1n) is 5.65. The number of aromatic carboxylic acids is 1. The van der Waals surface area contributed by atoms with Crippen molar-refractivity contribution in [3.8, 4) is 5.75 Å². The summed E-state index contributed by atoms with van der Waals surface area (Å²) >= 11 is 3.13. The van der Waals surface area contributed by atoms with E-state index in [0.29, 0.717) is 4.47 Å². The number of carbonyl (C=O) groups is 1. The van der Waals surface area contributed by atoms with Gasteiger partial charge in [0, 0.05) is 4.47 Å². The minimum Gasteiger partial charge on any atom is -0.505 e. The van der Waals surface area contributed by atoms with E-state index in [1.165, 1.54) is 24.3 Å². The second kappa shape index (κ2) is 5.74. The second-order valence-electron chi connectivity index (χ2n) is 4.04. The molecule has 110 valence electrons. The maximum Gasteiger partial charge on any atom is 0.339 e. The van der Waals surface area contributed by atoms with Crippen molar-refractivity contribution in [1.82, 2.24) is 0 Å². The molecule has 0 unspecified atom stereocenters. The van der Waals surface area contributed by atoms with Gasteiger partial charge in [-0.25, -0.2) is 13.2 Å². The van der Waals surface area contributed by atoms with Gasteiger partial charge in [0.25, 0.3) is 10.0 Å². The number of para-hydroxylation sites is 1. The molecule has 0 amide bonds. The number of anilines is 1. The van der Waals surface area contributed by atoms with Crippen LogP contribution in [0.1, 0.15) is 10.4 Å². The number of aromatic hydroxyl groups is 1. The van der Waals surface area contributed by atoms with E-state index in [4.69, 9.17) is 5.11 Å². The minimum absolute atomic E-state index is 0.0230. The molecule has 2 rings (SSSR count).